The van der Waals surface area contributed by atoms with Crippen molar-refractivity contribution in [3.8, 4) is 16.9 Å². The van der Waals surface area contributed by atoms with Crippen LogP contribution >= 0.6 is 0 Å². The number of rotatable bonds is 6. The number of aryl methyl sites for hydroxylation is 1. The van der Waals surface area contributed by atoms with Crippen molar-refractivity contribution < 1.29 is 28.2 Å². The smallest absolute Gasteiger partial charge is 0.319 e. The van der Waals surface area contributed by atoms with Crippen LogP contribution in [0.4, 0.5) is 19.3 Å². The molecule has 3 N–H and O–H groups in total. The van der Waals surface area contributed by atoms with Gasteiger partial charge in [0.25, 0.3) is 5.56 Å². The Morgan fingerprint density at radius 2 is 1.73 bits per heavy atom. The maximum Gasteiger partial charge on any atom is 0.319 e. The summed E-state index contributed by atoms with van der Waals surface area (Å²) < 4.78 is 34.1. The highest BCUT2D eigenvalue weighted by Gasteiger charge is 2.24. The molecule has 2 aromatic carbocycles. The van der Waals surface area contributed by atoms with E-state index in [1.54, 1.807) is 52.0 Å². The summed E-state index contributed by atoms with van der Waals surface area (Å²) in [5, 5.41) is 15.1. The molecule has 0 fully saturated rings. The molecule has 0 spiro atoms. The molecule has 0 bridgehead atoms. The predicted molar refractivity (Wildman–Crippen MR) is 135 cm³/mol. The Morgan fingerprint density at radius 3 is 2.32 bits per heavy atom. The van der Waals surface area contributed by atoms with E-state index >= 15 is 0 Å². The average molecular weight is 514 g/mol. The molecule has 0 aliphatic carbocycles. The minimum Gasteiger partial charge on any atom is -0.505 e. The summed E-state index contributed by atoms with van der Waals surface area (Å²) in [6.45, 7) is 6.76. The van der Waals surface area contributed by atoms with Crippen LogP contribution in [0.2, 0.25) is 0 Å². The largest absolute Gasteiger partial charge is 0.505 e. The first-order valence-electron chi connectivity index (χ1n) is 11.5. The number of nitrogens with zero attached hydrogens (tertiary/aromatic N) is 1. The van der Waals surface area contributed by atoms with Crippen LogP contribution in [-0.4, -0.2) is 27.3 Å². The number of hydrogen-bond acceptors (Lipinski definition) is 5. The van der Waals surface area contributed by atoms with Crippen molar-refractivity contribution in [1.29, 1.82) is 0 Å². The number of anilines is 1. The first kappa shape index (κ1) is 27.4. The number of carbonyl (C=O) groups excluding carboxylic acids is 2. The molecule has 37 heavy (non-hydrogen) atoms. The normalized spacial score (nSPS) is 12.1. The van der Waals surface area contributed by atoms with E-state index in [1.807, 2.05) is 0 Å². The average Bonchev–Trinajstić information content (AvgIpc) is 2.79. The fourth-order valence-corrected chi connectivity index (χ4v) is 3.65. The lowest BCUT2D eigenvalue weighted by atomic mass is 9.98. The third-order valence-corrected chi connectivity index (χ3v) is 5.54. The molecule has 1 heterocycles. The topological polar surface area (TPSA) is 110 Å². The van der Waals surface area contributed by atoms with Gasteiger partial charge in [0.05, 0.1) is 12.5 Å². The van der Waals surface area contributed by atoms with Crippen molar-refractivity contribution in [3.63, 3.8) is 0 Å². The summed E-state index contributed by atoms with van der Waals surface area (Å²) >= 11 is 0. The zero-order chi connectivity index (χ0) is 27.5. The first-order valence-corrected chi connectivity index (χ1v) is 11.5. The lowest BCUT2D eigenvalue weighted by Gasteiger charge is -2.23. The Morgan fingerprint density at radius 1 is 1.08 bits per heavy atom. The van der Waals surface area contributed by atoms with Gasteiger partial charge in [0.1, 0.15) is 23.0 Å². The quantitative estimate of drug-likeness (QED) is 0.405. The Hall–Kier alpha value is -4.21. The molecule has 3 aromatic rings. The Labute approximate surface area is 212 Å². The van der Waals surface area contributed by atoms with E-state index in [-0.39, 0.29) is 17.7 Å². The molecule has 3 rings (SSSR count). The van der Waals surface area contributed by atoms with Gasteiger partial charge < -0.3 is 25.0 Å². The van der Waals surface area contributed by atoms with Gasteiger partial charge in [-0.1, -0.05) is 24.3 Å². The molecule has 0 aliphatic heterocycles. The molecular weight excluding hydrogens is 484 g/mol. The molecule has 0 saturated carbocycles. The molecule has 0 aliphatic rings. The van der Waals surface area contributed by atoms with E-state index in [9.17, 15) is 28.3 Å². The van der Waals surface area contributed by atoms with E-state index in [1.165, 1.54) is 23.7 Å². The van der Waals surface area contributed by atoms with E-state index < -0.39 is 46.6 Å². The molecule has 2 amide bonds. The number of esters is 1. The molecular formula is C27H29F2N3O5. The van der Waals surface area contributed by atoms with Gasteiger partial charge in [-0.2, -0.15) is 0 Å². The number of urea groups is 1. The number of nitrogens with one attached hydrogen (secondary N) is 2. The molecule has 0 unspecified atom stereocenters. The van der Waals surface area contributed by atoms with Gasteiger partial charge in [-0.3, -0.25) is 9.59 Å². The molecule has 0 radical (unpaired) electrons. The lowest BCUT2D eigenvalue weighted by Crippen LogP contribution is -2.37. The molecule has 0 saturated heterocycles. The van der Waals surface area contributed by atoms with Gasteiger partial charge >= 0.3 is 12.0 Å². The van der Waals surface area contributed by atoms with Crippen molar-refractivity contribution in [2.45, 2.75) is 45.8 Å². The van der Waals surface area contributed by atoms with Crippen molar-refractivity contribution in [3.05, 3.63) is 81.8 Å². The zero-order valence-electron chi connectivity index (χ0n) is 21.2. The van der Waals surface area contributed by atoms with Crippen LogP contribution in [0.3, 0.4) is 0 Å². The zero-order valence-corrected chi connectivity index (χ0v) is 21.2. The highest BCUT2D eigenvalue weighted by molar-refractivity contribution is 5.91. The fraction of sp³-hybridized carbons (Fsp3) is 0.296. The highest BCUT2D eigenvalue weighted by Crippen LogP contribution is 2.27. The number of halogens is 2. The van der Waals surface area contributed by atoms with E-state index in [0.29, 0.717) is 16.8 Å². The molecule has 196 valence electrons. The van der Waals surface area contributed by atoms with Crippen LogP contribution in [0.15, 0.2) is 53.3 Å². The number of benzene rings is 2. The van der Waals surface area contributed by atoms with Gasteiger partial charge in [0.2, 0.25) is 0 Å². The van der Waals surface area contributed by atoms with Gasteiger partial charge in [0, 0.05) is 30.4 Å². The number of aromatic nitrogens is 1. The van der Waals surface area contributed by atoms with Gasteiger partial charge in [0.15, 0.2) is 5.69 Å². The number of pyridine rings is 1. The summed E-state index contributed by atoms with van der Waals surface area (Å²) in [5.74, 6) is -2.40. The van der Waals surface area contributed by atoms with Crippen LogP contribution in [0.5, 0.6) is 5.75 Å². The summed E-state index contributed by atoms with van der Waals surface area (Å²) in [7, 11) is 1.50. The van der Waals surface area contributed by atoms with Crippen LogP contribution < -0.4 is 16.2 Å². The maximum absolute atomic E-state index is 14.2. The second-order valence-electron chi connectivity index (χ2n) is 9.60. The SMILES string of the molecule is Cc1cc(O)c(NC(=O)N[C@@H](CC(=O)OC(C)(C)C)c2ccc(-c3ccc(F)cc3F)cc2)c(=O)n1C. The maximum atomic E-state index is 14.2. The Balaban J connectivity index is 1.88. The summed E-state index contributed by atoms with van der Waals surface area (Å²) in [6, 6.07) is 9.20. The fourth-order valence-electron chi connectivity index (χ4n) is 3.65. The monoisotopic (exact) mass is 513 g/mol. The number of carbonyl (C=O) groups is 2. The van der Waals surface area contributed by atoms with Crippen molar-refractivity contribution in [2.24, 2.45) is 7.05 Å². The molecule has 10 heteroatoms. The minimum absolute atomic E-state index is 0.188. The second kappa shape index (κ2) is 10.8. The molecule has 8 nitrogen and oxygen atoms in total. The van der Waals surface area contributed by atoms with Crippen LogP contribution in [0, 0.1) is 18.6 Å². The molecule has 1 atom stereocenters. The predicted octanol–water partition coefficient (Wildman–Crippen LogP) is 4.94. The lowest BCUT2D eigenvalue weighted by molar-refractivity contribution is -0.155. The third kappa shape index (κ3) is 6.93. The standard InChI is InChI=1S/C27H29F2N3O5/c1-15-12-22(33)24(25(35)32(15)5)31-26(36)30-21(14-23(34)37-27(2,3)4)17-8-6-16(7-9-17)19-11-10-18(28)13-20(19)29/h6-13,21,33H,14H2,1-5H3,(H2,30,31,36)/t21-/m0/s1. The van der Waals surface area contributed by atoms with Crippen LogP contribution in [0.1, 0.15) is 44.5 Å². The van der Waals surface area contributed by atoms with Crippen molar-refractivity contribution in [1.82, 2.24) is 9.88 Å². The van der Waals surface area contributed by atoms with E-state index in [0.717, 1.165) is 12.1 Å². The number of hydrogen-bond donors (Lipinski definition) is 3. The van der Waals surface area contributed by atoms with Gasteiger partial charge in [-0.05, 0) is 51.0 Å². The van der Waals surface area contributed by atoms with Gasteiger partial charge in [-0.15, -0.1) is 0 Å². The number of amides is 2. The number of ether oxygens (including phenoxy) is 1. The highest BCUT2D eigenvalue weighted by atomic mass is 19.1. The Bertz CT molecular complexity index is 1380. The second-order valence-corrected chi connectivity index (χ2v) is 9.60. The summed E-state index contributed by atoms with van der Waals surface area (Å²) in [5.41, 5.74) is -0.0378. The summed E-state index contributed by atoms with van der Waals surface area (Å²) in [4.78, 5) is 37.9. The van der Waals surface area contributed by atoms with Crippen LogP contribution in [0.25, 0.3) is 11.1 Å². The van der Waals surface area contributed by atoms with E-state index in [2.05, 4.69) is 10.6 Å². The van der Waals surface area contributed by atoms with Crippen LogP contribution in [-0.2, 0) is 16.6 Å². The van der Waals surface area contributed by atoms with Crippen molar-refractivity contribution in [2.75, 3.05) is 5.32 Å². The number of aromatic hydroxyl groups is 1. The first-order chi connectivity index (χ1) is 17.2. The van der Waals surface area contributed by atoms with Gasteiger partial charge in [-0.25, -0.2) is 13.6 Å². The van der Waals surface area contributed by atoms with Crippen molar-refractivity contribution >= 4 is 17.7 Å². The minimum atomic E-state index is -0.890. The molecule has 1 aromatic heterocycles. The summed E-state index contributed by atoms with van der Waals surface area (Å²) in [6.07, 6.45) is -0.243. The van der Waals surface area contributed by atoms with E-state index in [4.69, 9.17) is 4.74 Å². The Kier molecular flexibility index (Phi) is 8.00. The third-order valence-electron chi connectivity index (χ3n) is 5.54.